The number of fused-ring (bicyclic) bond motifs is 1. The van der Waals surface area contributed by atoms with E-state index in [2.05, 4.69) is 20.3 Å². The fourth-order valence-electron chi connectivity index (χ4n) is 1.88. The van der Waals surface area contributed by atoms with Crippen LogP contribution in [0.5, 0.6) is 0 Å². The van der Waals surface area contributed by atoms with E-state index in [9.17, 15) is 0 Å². The summed E-state index contributed by atoms with van der Waals surface area (Å²) in [7, 11) is 0. The summed E-state index contributed by atoms with van der Waals surface area (Å²) in [5.74, 6) is 0.647. The van der Waals surface area contributed by atoms with Gasteiger partial charge in [-0.2, -0.15) is 0 Å². The molecular formula is C12H11N5. The molecule has 1 unspecified atom stereocenters. The second-order valence-electron chi connectivity index (χ2n) is 3.79. The number of aliphatic imine (C=N–C) groups is 1. The maximum Gasteiger partial charge on any atom is 0.182 e. The average Bonchev–Trinajstić information content (AvgIpc) is 2.40. The molecule has 1 aromatic carbocycles. The van der Waals surface area contributed by atoms with Gasteiger partial charge in [0.1, 0.15) is 5.69 Å². The van der Waals surface area contributed by atoms with E-state index in [0.29, 0.717) is 11.5 Å². The smallest absolute Gasteiger partial charge is 0.182 e. The molecule has 1 atom stereocenters. The Kier molecular flexibility index (Phi) is 2.12. The molecule has 0 amide bonds. The van der Waals surface area contributed by atoms with Gasteiger partial charge in [0.15, 0.2) is 11.5 Å². The van der Waals surface area contributed by atoms with Crippen LogP contribution < -0.4 is 11.1 Å². The quantitative estimate of drug-likeness (QED) is 0.761. The summed E-state index contributed by atoms with van der Waals surface area (Å²) in [6, 6.07) is 9.66. The predicted molar refractivity (Wildman–Crippen MR) is 65.6 cm³/mol. The van der Waals surface area contributed by atoms with Crippen LogP contribution in [0.25, 0.3) is 0 Å². The lowest BCUT2D eigenvalue weighted by atomic mass is 9.96. The van der Waals surface area contributed by atoms with Gasteiger partial charge in [0, 0.05) is 18.0 Å². The topological polar surface area (TPSA) is 76.2 Å². The number of anilines is 1. The molecule has 1 aliphatic rings. The molecule has 0 saturated carbocycles. The highest BCUT2D eigenvalue weighted by atomic mass is 15.2. The third-order valence-corrected chi connectivity index (χ3v) is 2.74. The Hall–Kier alpha value is -2.27. The molecule has 0 saturated heterocycles. The van der Waals surface area contributed by atoms with Crippen molar-refractivity contribution in [3.63, 3.8) is 0 Å². The number of rotatable bonds is 1. The van der Waals surface area contributed by atoms with Crippen LogP contribution in [0.3, 0.4) is 0 Å². The van der Waals surface area contributed by atoms with Crippen molar-refractivity contribution in [3.05, 3.63) is 54.0 Å². The van der Waals surface area contributed by atoms with Crippen molar-refractivity contribution in [2.24, 2.45) is 10.7 Å². The van der Waals surface area contributed by atoms with Crippen molar-refractivity contribution in [2.75, 3.05) is 5.32 Å². The van der Waals surface area contributed by atoms with Gasteiger partial charge < -0.3 is 5.32 Å². The molecule has 2 aromatic rings. The second kappa shape index (κ2) is 3.64. The molecule has 0 fully saturated rings. The largest absolute Gasteiger partial charge is 0.330 e. The first-order chi connectivity index (χ1) is 8.31. The lowest BCUT2D eigenvalue weighted by molar-refractivity contribution is 0.549. The molecule has 2 heterocycles. The van der Waals surface area contributed by atoms with E-state index in [0.717, 1.165) is 5.56 Å². The Morgan fingerprint density at radius 3 is 2.65 bits per heavy atom. The fraction of sp³-hybridized carbons (Fsp3) is 0.0833. The molecule has 17 heavy (non-hydrogen) atoms. The normalized spacial score (nSPS) is 21.7. The number of nitrogens with one attached hydrogen (secondary N) is 1. The van der Waals surface area contributed by atoms with Crippen LogP contribution in [0.1, 0.15) is 11.3 Å². The number of benzene rings is 1. The van der Waals surface area contributed by atoms with E-state index in [1.165, 1.54) is 0 Å². The third-order valence-electron chi connectivity index (χ3n) is 2.74. The SMILES string of the molecule is NC1(c2ccccc2)N=CNc2nccnc21. The van der Waals surface area contributed by atoms with Gasteiger partial charge >= 0.3 is 0 Å². The Bertz CT molecular complexity index is 566. The van der Waals surface area contributed by atoms with Gasteiger partial charge in [0.05, 0.1) is 6.34 Å². The van der Waals surface area contributed by atoms with Gasteiger partial charge in [-0.05, 0) is 0 Å². The van der Waals surface area contributed by atoms with Gasteiger partial charge in [0.25, 0.3) is 0 Å². The standard InChI is InChI=1S/C12H11N5/c13-12(9-4-2-1-3-5-9)10-11(16-8-17-12)15-7-6-14-10/h1-8H,13H2,(H,15,16,17). The van der Waals surface area contributed by atoms with Crippen LogP contribution in [0, 0.1) is 0 Å². The summed E-state index contributed by atoms with van der Waals surface area (Å²) >= 11 is 0. The van der Waals surface area contributed by atoms with Gasteiger partial charge in [-0.25, -0.2) is 9.98 Å². The highest BCUT2D eigenvalue weighted by Gasteiger charge is 2.35. The summed E-state index contributed by atoms with van der Waals surface area (Å²) < 4.78 is 0. The van der Waals surface area contributed by atoms with Crippen molar-refractivity contribution >= 4 is 12.2 Å². The van der Waals surface area contributed by atoms with E-state index in [1.807, 2.05) is 30.3 Å². The number of hydrogen-bond acceptors (Lipinski definition) is 5. The molecule has 1 aromatic heterocycles. The first-order valence-corrected chi connectivity index (χ1v) is 5.27. The van der Waals surface area contributed by atoms with Crippen molar-refractivity contribution in [1.29, 1.82) is 0 Å². The summed E-state index contributed by atoms with van der Waals surface area (Å²) in [4.78, 5) is 12.8. The van der Waals surface area contributed by atoms with Gasteiger partial charge in [-0.3, -0.25) is 10.7 Å². The zero-order valence-electron chi connectivity index (χ0n) is 9.04. The minimum Gasteiger partial charge on any atom is -0.330 e. The highest BCUT2D eigenvalue weighted by Crippen LogP contribution is 2.32. The van der Waals surface area contributed by atoms with Crippen LogP contribution in [0.15, 0.2) is 47.7 Å². The lowest BCUT2D eigenvalue weighted by Gasteiger charge is -2.29. The van der Waals surface area contributed by atoms with Crippen LogP contribution in [-0.2, 0) is 5.66 Å². The molecule has 3 rings (SSSR count). The van der Waals surface area contributed by atoms with E-state index < -0.39 is 5.66 Å². The van der Waals surface area contributed by atoms with Crippen molar-refractivity contribution < 1.29 is 0 Å². The van der Waals surface area contributed by atoms with Crippen LogP contribution in [0.4, 0.5) is 5.82 Å². The molecule has 5 nitrogen and oxygen atoms in total. The Morgan fingerprint density at radius 2 is 1.82 bits per heavy atom. The number of aromatic nitrogens is 2. The zero-order valence-corrected chi connectivity index (χ0v) is 9.04. The van der Waals surface area contributed by atoms with E-state index in [1.54, 1.807) is 18.7 Å². The van der Waals surface area contributed by atoms with Crippen molar-refractivity contribution in [3.8, 4) is 0 Å². The Balaban J connectivity index is 2.20. The average molecular weight is 225 g/mol. The van der Waals surface area contributed by atoms with E-state index in [4.69, 9.17) is 5.73 Å². The number of nitrogens with two attached hydrogens (primary N) is 1. The molecule has 0 aliphatic carbocycles. The van der Waals surface area contributed by atoms with E-state index >= 15 is 0 Å². The predicted octanol–water partition coefficient (Wildman–Crippen LogP) is 1.09. The molecule has 1 aliphatic heterocycles. The second-order valence-corrected chi connectivity index (χ2v) is 3.79. The molecule has 5 heteroatoms. The maximum atomic E-state index is 6.35. The van der Waals surface area contributed by atoms with Crippen molar-refractivity contribution in [2.45, 2.75) is 5.66 Å². The zero-order chi connectivity index (χ0) is 11.7. The summed E-state index contributed by atoms with van der Waals surface area (Å²) in [6.45, 7) is 0. The minimum absolute atomic E-state index is 0.633. The first-order valence-electron chi connectivity index (χ1n) is 5.27. The highest BCUT2D eigenvalue weighted by molar-refractivity contribution is 5.79. The number of nitrogens with zero attached hydrogens (tertiary/aromatic N) is 3. The first kappa shape index (κ1) is 9.92. The molecule has 84 valence electrons. The van der Waals surface area contributed by atoms with Crippen LogP contribution >= 0.6 is 0 Å². The summed E-state index contributed by atoms with van der Waals surface area (Å²) in [6.07, 6.45) is 4.80. The molecule has 0 bridgehead atoms. The minimum atomic E-state index is -0.962. The maximum absolute atomic E-state index is 6.35. The Morgan fingerprint density at radius 1 is 1.06 bits per heavy atom. The molecular weight excluding hydrogens is 214 g/mol. The van der Waals surface area contributed by atoms with E-state index in [-0.39, 0.29) is 0 Å². The van der Waals surface area contributed by atoms with Gasteiger partial charge in [0.2, 0.25) is 0 Å². The van der Waals surface area contributed by atoms with Crippen LogP contribution in [0.2, 0.25) is 0 Å². The van der Waals surface area contributed by atoms with Crippen LogP contribution in [-0.4, -0.2) is 16.3 Å². The summed E-state index contributed by atoms with van der Waals surface area (Å²) in [5.41, 5.74) is 6.91. The summed E-state index contributed by atoms with van der Waals surface area (Å²) in [5, 5.41) is 2.94. The van der Waals surface area contributed by atoms with Crippen molar-refractivity contribution in [1.82, 2.24) is 9.97 Å². The monoisotopic (exact) mass is 225 g/mol. The molecule has 3 N–H and O–H groups in total. The third kappa shape index (κ3) is 1.48. The van der Waals surface area contributed by atoms with Gasteiger partial charge in [-0.15, -0.1) is 0 Å². The number of hydrogen-bond donors (Lipinski definition) is 2. The van der Waals surface area contributed by atoms with Gasteiger partial charge in [-0.1, -0.05) is 30.3 Å². The lowest BCUT2D eigenvalue weighted by Crippen LogP contribution is -2.40. The molecule has 0 radical (unpaired) electrons. The molecule has 0 spiro atoms. The Labute approximate surface area is 98.4 Å². The fourth-order valence-corrected chi connectivity index (χ4v) is 1.88.